The molecule has 7 heteroatoms. The first-order chi connectivity index (χ1) is 14.5. The van der Waals surface area contributed by atoms with Gasteiger partial charge in [-0.1, -0.05) is 25.1 Å². The highest BCUT2D eigenvalue weighted by Gasteiger charge is 2.12. The smallest absolute Gasteiger partial charge is 0.344 e. The summed E-state index contributed by atoms with van der Waals surface area (Å²) in [6.45, 7) is 3.70. The van der Waals surface area contributed by atoms with Gasteiger partial charge >= 0.3 is 5.97 Å². The van der Waals surface area contributed by atoms with Crippen LogP contribution in [0, 0.1) is 0 Å². The Hall–Kier alpha value is -3.61. The highest BCUT2D eigenvalue weighted by atomic mass is 16.6. The number of hydrogen-bond acceptors (Lipinski definition) is 5. The van der Waals surface area contributed by atoms with Crippen LogP contribution in [0.4, 0.5) is 5.69 Å². The number of pyridine rings is 1. The summed E-state index contributed by atoms with van der Waals surface area (Å²) < 4.78 is 11.7. The lowest BCUT2D eigenvalue weighted by Crippen LogP contribution is -2.27. The Bertz CT molecular complexity index is 1100. The Morgan fingerprint density at radius 1 is 1.00 bits per heavy atom. The van der Waals surface area contributed by atoms with E-state index in [-0.39, 0.29) is 31.2 Å². The fraction of sp³-hybridized carbons (Fsp3) is 0.261. The van der Waals surface area contributed by atoms with Crippen LogP contribution in [0.1, 0.15) is 19.4 Å². The number of esters is 1. The zero-order chi connectivity index (χ0) is 21.5. The molecule has 156 valence electrons. The second kappa shape index (κ2) is 9.73. The predicted octanol–water partition coefficient (Wildman–Crippen LogP) is 3.14. The molecule has 3 rings (SSSR count). The Kier molecular flexibility index (Phi) is 6.85. The Morgan fingerprint density at radius 2 is 1.77 bits per heavy atom. The first-order valence-corrected chi connectivity index (χ1v) is 9.81. The molecular weight excluding hydrogens is 384 g/mol. The van der Waals surface area contributed by atoms with Gasteiger partial charge in [0.2, 0.25) is 5.91 Å². The Morgan fingerprint density at radius 3 is 2.47 bits per heavy atom. The van der Waals surface area contributed by atoms with E-state index in [2.05, 4.69) is 12.2 Å². The lowest BCUT2D eigenvalue weighted by atomic mass is 10.1. The van der Waals surface area contributed by atoms with E-state index in [1.165, 1.54) is 10.1 Å². The molecule has 0 spiro atoms. The third-order valence-electron chi connectivity index (χ3n) is 4.59. The minimum atomic E-state index is -0.480. The molecule has 3 aromatic rings. The zero-order valence-corrected chi connectivity index (χ0v) is 17.0. The second-order valence-electron chi connectivity index (χ2n) is 6.66. The quantitative estimate of drug-likeness (QED) is 0.579. The number of nitrogens with one attached hydrogen (secondary N) is 1. The molecule has 0 bridgehead atoms. The van der Waals surface area contributed by atoms with Gasteiger partial charge in [-0.15, -0.1) is 0 Å². The minimum absolute atomic E-state index is 0.113. The molecule has 30 heavy (non-hydrogen) atoms. The number of carbonyl (C=O) groups excluding carboxylic acids is 2. The van der Waals surface area contributed by atoms with E-state index in [0.29, 0.717) is 22.2 Å². The summed E-state index contributed by atoms with van der Waals surface area (Å²) in [5.41, 5.74) is 1.55. The summed E-state index contributed by atoms with van der Waals surface area (Å²) in [5, 5.41) is 3.77. The fourth-order valence-corrected chi connectivity index (χ4v) is 3.06. The van der Waals surface area contributed by atoms with Crippen LogP contribution in [0.2, 0.25) is 0 Å². The zero-order valence-electron chi connectivity index (χ0n) is 17.0. The largest absolute Gasteiger partial charge is 0.481 e. The average Bonchev–Trinajstić information content (AvgIpc) is 2.75. The SMILES string of the molecule is CCOC(=O)COc1cccc2c(=O)n(CC(=O)Nc3ccc(CC)cc3)ccc12. The van der Waals surface area contributed by atoms with E-state index in [9.17, 15) is 14.4 Å². The highest BCUT2D eigenvalue weighted by molar-refractivity contribution is 5.91. The molecule has 0 saturated carbocycles. The number of nitrogens with zero attached hydrogens (tertiary/aromatic N) is 1. The van der Waals surface area contributed by atoms with Gasteiger partial charge in [0.05, 0.1) is 12.0 Å². The van der Waals surface area contributed by atoms with Crippen LogP contribution in [0.5, 0.6) is 5.75 Å². The number of benzene rings is 2. The number of aromatic nitrogens is 1. The Balaban J connectivity index is 1.75. The summed E-state index contributed by atoms with van der Waals surface area (Å²) in [6.07, 6.45) is 2.47. The van der Waals surface area contributed by atoms with Crippen molar-refractivity contribution in [2.75, 3.05) is 18.5 Å². The number of amides is 1. The van der Waals surface area contributed by atoms with Gasteiger partial charge in [-0.05, 0) is 49.2 Å². The summed E-state index contributed by atoms with van der Waals surface area (Å²) in [5.74, 6) is -0.368. The molecule has 0 unspecified atom stereocenters. The molecule has 0 aliphatic rings. The van der Waals surface area contributed by atoms with Gasteiger partial charge in [-0.2, -0.15) is 0 Å². The van der Waals surface area contributed by atoms with Gasteiger partial charge in [0.1, 0.15) is 12.3 Å². The van der Waals surface area contributed by atoms with Gasteiger partial charge in [-0.25, -0.2) is 4.79 Å². The van der Waals surface area contributed by atoms with Crippen LogP contribution in [-0.2, 0) is 27.3 Å². The number of hydrogen-bond donors (Lipinski definition) is 1. The predicted molar refractivity (Wildman–Crippen MR) is 115 cm³/mol. The van der Waals surface area contributed by atoms with Crippen molar-refractivity contribution in [2.24, 2.45) is 0 Å². The maximum absolute atomic E-state index is 12.8. The first-order valence-electron chi connectivity index (χ1n) is 9.81. The van der Waals surface area contributed by atoms with E-state index in [4.69, 9.17) is 9.47 Å². The van der Waals surface area contributed by atoms with Crippen LogP contribution in [0.3, 0.4) is 0 Å². The minimum Gasteiger partial charge on any atom is -0.481 e. The van der Waals surface area contributed by atoms with Crippen molar-refractivity contribution >= 4 is 28.3 Å². The summed E-state index contributed by atoms with van der Waals surface area (Å²) >= 11 is 0. The van der Waals surface area contributed by atoms with Crippen molar-refractivity contribution in [3.05, 3.63) is 70.6 Å². The van der Waals surface area contributed by atoms with Crippen LogP contribution in [0.15, 0.2) is 59.5 Å². The highest BCUT2D eigenvalue weighted by Crippen LogP contribution is 2.23. The first kappa shape index (κ1) is 21.1. The van der Waals surface area contributed by atoms with Gasteiger partial charge in [0.15, 0.2) is 6.61 Å². The third kappa shape index (κ3) is 5.05. The molecule has 0 aliphatic heterocycles. The van der Waals surface area contributed by atoms with Crippen LogP contribution >= 0.6 is 0 Å². The van der Waals surface area contributed by atoms with Gasteiger partial charge in [0.25, 0.3) is 5.56 Å². The van der Waals surface area contributed by atoms with Crippen LogP contribution < -0.4 is 15.6 Å². The van der Waals surface area contributed by atoms with E-state index < -0.39 is 5.97 Å². The van der Waals surface area contributed by atoms with Crippen molar-refractivity contribution in [1.29, 1.82) is 0 Å². The van der Waals surface area contributed by atoms with E-state index in [0.717, 1.165) is 6.42 Å². The molecule has 0 atom stereocenters. The number of carbonyl (C=O) groups is 2. The van der Waals surface area contributed by atoms with Crippen molar-refractivity contribution < 1.29 is 19.1 Å². The number of rotatable bonds is 8. The number of anilines is 1. The molecule has 1 heterocycles. The standard InChI is InChI=1S/C23H24N2O5/c1-3-16-8-10-17(11-9-16)24-21(26)14-25-13-12-18-19(23(25)28)6-5-7-20(18)30-15-22(27)29-4-2/h5-13H,3-4,14-15H2,1-2H3,(H,24,26). The lowest BCUT2D eigenvalue weighted by molar-refractivity contribution is -0.145. The molecule has 2 aromatic carbocycles. The fourth-order valence-electron chi connectivity index (χ4n) is 3.06. The number of aryl methyl sites for hydroxylation is 1. The Labute approximate surface area is 174 Å². The van der Waals surface area contributed by atoms with Crippen molar-refractivity contribution in [3.63, 3.8) is 0 Å². The third-order valence-corrected chi connectivity index (χ3v) is 4.59. The summed E-state index contributed by atoms with van der Waals surface area (Å²) in [6, 6.07) is 14.3. The molecule has 1 aromatic heterocycles. The molecule has 0 fully saturated rings. The van der Waals surface area contributed by atoms with Crippen LogP contribution in [0.25, 0.3) is 10.8 Å². The number of fused-ring (bicyclic) bond motifs is 1. The van der Waals surface area contributed by atoms with Crippen molar-refractivity contribution in [1.82, 2.24) is 4.57 Å². The number of ether oxygens (including phenoxy) is 2. The lowest BCUT2D eigenvalue weighted by Gasteiger charge is -2.11. The molecule has 1 amide bonds. The van der Waals surface area contributed by atoms with Gasteiger partial charge in [-0.3, -0.25) is 9.59 Å². The molecule has 0 radical (unpaired) electrons. The average molecular weight is 408 g/mol. The van der Waals surface area contributed by atoms with Gasteiger partial charge < -0.3 is 19.4 Å². The molecule has 1 N–H and O–H groups in total. The van der Waals surface area contributed by atoms with E-state index >= 15 is 0 Å². The van der Waals surface area contributed by atoms with Gasteiger partial charge in [0, 0.05) is 17.3 Å². The van der Waals surface area contributed by atoms with E-state index in [1.807, 2.05) is 24.3 Å². The summed E-state index contributed by atoms with van der Waals surface area (Å²) in [4.78, 5) is 36.7. The van der Waals surface area contributed by atoms with Crippen molar-refractivity contribution in [2.45, 2.75) is 26.8 Å². The molecule has 0 saturated heterocycles. The molecule has 7 nitrogen and oxygen atoms in total. The summed E-state index contributed by atoms with van der Waals surface area (Å²) in [7, 11) is 0. The monoisotopic (exact) mass is 408 g/mol. The maximum Gasteiger partial charge on any atom is 0.344 e. The van der Waals surface area contributed by atoms with Crippen LogP contribution in [-0.4, -0.2) is 29.7 Å². The second-order valence-corrected chi connectivity index (χ2v) is 6.66. The maximum atomic E-state index is 12.8. The molecule has 0 aliphatic carbocycles. The van der Waals surface area contributed by atoms with Crippen molar-refractivity contribution in [3.8, 4) is 5.75 Å². The molecular formula is C23H24N2O5. The topological polar surface area (TPSA) is 86.6 Å². The van der Waals surface area contributed by atoms with E-state index in [1.54, 1.807) is 37.4 Å². The normalized spacial score (nSPS) is 10.6.